The lowest BCUT2D eigenvalue weighted by Gasteiger charge is -2.26. The van der Waals surface area contributed by atoms with Crippen LogP contribution in [0.4, 0.5) is 5.82 Å². The average molecular weight is 308 g/mol. The molecule has 1 saturated heterocycles. The first kappa shape index (κ1) is 15.0. The Balaban J connectivity index is 1.73. The Hall–Kier alpha value is -2.91. The lowest BCUT2D eigenvalue weighted by Crippen LogP contribution is -2.48. The summed E-state index contributed by atoms with van der Waals surface area (Å²) in [4.78, 5) is 18.0. The normalized spacial score (nSPS) is 14.4. The highest BCUT2D eigenvalue weighted by molar-refractivity contribution is 5.94. The molecule has 1 aliphatic heterocycles. The van der Waals surface area contributed by atoms with Gasteiger partial charge >= 0.3 is 0 Å². The summed E-state index contributed by atoms with van der Waals surface area (Å²) in [7, 11) is 0. The number of pyridine rings is 1. The summed E-state index contributed by atoms with van der Waals surface area (Å²) in [5.41, 5.74) is 1.39. The SMILES string of the molecule is N#Cc1ccccc1COc1cccc(N2CCNCC2=O)n1. The van der Waals surface area contributed by atoms with E-state index in [1.54, 1.807) is 23.1 Å². The number of ether oxygens (including phenoxy) is 1. The largest absolute Gasteiger partial charge is 0.473 e. The molecule has 0 atom stereocenters. The number of aromatic nitrogens is 1. The molecule has 0 radical (unpaired) electrons. The molecule has 1 N–H and O–H groups in total. The van der Waals surface area contributed by atoms with Crippen molar-refractivity contribution >= 4 is 11.7 Å². The van der Waals surface area contributed by atoms with E-state index in [0.717, 1.165) is 12.1 Å². The van der Waals surface area contributed by atoms with E-state index in [1.807, 2.05) is 24.3 Å². The van der Waals surface area contributed by atoms with Gasteiger partial charge in [-0.1, -0.05) is 24.3 Å². The van der Waals surface area contributed by atoms with Gasteiger partial charge in [-0.05, 0) is 12.1 Å². The third-order valence-corrected chi connectivity index (χ3v) is 3.59. The van der Waals surface area contributed by atoms with Crippen molar-refractivity contribution in [1.82, 2.24) is 10.3 Å². The molecular weight excluding hydrogens is 292 g/mol. The first-order valence-electron chi connectivity index (χ1n) is 7.37. The Morgan fingerprint density at radius 3 is 2.96 bits per heavy atom. The molecule has 1 aromatic carbocycles. The van der Waals surface area contributed by atoms with E-state index < -0.39 is 0 Å². The van der Waals surface area contributed by atoms with Crippen LogP contribution in [0.1, 0.15) is 11.1 Å². The fraction of sp³-hybridized carbons (Fsp3) is 0.235. The second kappa shape index (κ2) is 6.90. The highest BCUT2D eigenvalue weighted by Gasteiger charge is 2.20. The van der Waals surface area contributed by atoms with Crippen molar-refractivity contribution in [2.24, 2.45) is 0 Å². The fourth-order valence-electron chi connectivity index (χ4n) is 2.39. The summed E-state index contributed by atoms with van der Waals surface area (Å²) in [6, 6.07) is 14.8. The zero-order valence-electron chi connectivity index (χ0n) is 12.5. The molecule has 2 aromatic rings. The van der Waals surface area contributed by atoms with E-state index >= 15 is 0 Å². The second-order valence-corrected chi connectivity index (χ2v) is 5.11. The standard InChI is InChI=1S/C17H16N4O2/c18-10-13-4-1-2-5-14(13)12-23-16-7-3-6-15(20-16)21-9-8-19-11-17(21)22/h1-7,19H,8-9,11-12H2. The van der Waals surface area contributed by atoms with Gasteiger partial charge in [0, 0.05) is 24.7 Å². The number of nitrogens with one attached hydrogen (secondary N) is 1. The van der Waals surface area contributed by atoms with E-state index in [1.165, 1.54) is 0 Å². The van der Waals surface area contributed by atoms with Gasteiger partial charge in [-0.25, -0.2) is 0 Å². The summed E-state index contributed by atoms with van der Waals surface area (Å²) < 4.78 is 5.69. The Morgan fingerprint density at radius 2 is 2.13 bits per heavy atom. The number of hydrogen-bond donors (Lipinski definition) is 1. The maximum absolute atomic E-state index is 11.9. The molecule has 0 aliphatic carbocycles. The first-order chi connectivity index (χ1) is 11.3. The van der Waals surface area contributed by atoms with Crippen molar-refractivity contribution in [2.75, 3.05) is 24.5 Å². The van der Waals surface area contributed by atoms with Crippen molar-refractivity contribution in [2.45, 2.75) is 6.61 Å². The van der Waals surface area contributed by atoms with Crippen LogP contribution in [0.15, 0.2) is 42.5 Å². The van der Waals surface area contributed by atoms with Crippen LogP contribution in [-0.2, 0) is 11.4 Å². The predicted octanol–water partition coefficient (Wildman–Crippen LogP) is 1.47. The Bertz CT molecular complexity index is 754. The van der Waals surface area contributed by atoms with Gasteiger partial charge in [-0.2, -0.15) is 10.2 Å². The van der Waals surface area contributed by atoms with Crippen molar-refractivity contribution in [3.8, 4) is 11.9 Å². The second-order valence-electron chi connectivity index (χ2n) is 5.11. The summed E-state index contributed by atoms with van der Waals surface area (Å²) in [5, 5.41) is 12.1. The number of piperazine rings is 1. The van der Waals surface area contributed by atoms with E-state index in [4.69, 9.17) is 10.00 Å². The van der Waals surface area contributed by atoms with Crippen molar-refractivity contribution in [3.63, 3.8) is 0 Å². The quantitative estimate of drug-likeness (QED) is 0.925. The molecule has 3 rings (SSSR count). The van der Waals surface area contributed by atoms with Crippen LogP contribution in [0.25, 0.3) is 0 Å². The van der Waals surface area contributed by atoms with Crippen LogP contribution in [0.2, 0.25) is 0 Å². The van der Waals surface area contributed by atoms with Crippen LogP contribution >= 0.6 is 0 Å². The number of hydrogen-bond acceptors (Lipinski definition) is 5. The molecule has 1 fully saturated rings. The minimum absolute atomic E-state index is 0.00396. The number of benzene rings is 1. The molecule has 1 amide bonds. The van der Waals surface area contributed by atoms with Gasteiger partial charge < -0.3 is 10.1 Å². The van der Waals surface area contributed by atoms with E-state index in [9.17, 15) is 4.79 Å². The topological polar surface area (TPSA) is 78.2 Å². The minimum atomic E-state index is -0.00396. The van der Waals surface area contributed by atoms with Gasteiger partial charge in [0.05, 0.1) is 18.2 Å². The average Bonchev–Trinajstić information content (AvgIpc) is 2.61. The molecule has 23 heavy (non-hydrogen) atoms. The lowest BCUT2D eigenvalue weighted by molar-refractivity contribution is -0.118. The molecule has 1 aromatic heterocycles. The number of nitrogens with zero attached hydrogens (tertiary/aromatic N) is 3. The monoisotopic (exact) mass is 308 g/mol. The van der Waals surface area contributed by atoms with Crippen LogP contribution in [0, 0.1) is 11.3 Å². The van der Waals surface area contributed by atoms with E-state index in [2.05, 4.69) is 16.4 Å². The van der Waals surface area contributed by atoms with Gasteiger partial charge in [0.25, 0.3) is 0 Å². The van der Waals surface area contributed by atoms with Gasteiger partial charge in [-0.3, -0.25) is 9.69 Å². The van der Waals surface area contributed by atoms with Gasteiger partial charge in [0.1, 0.15) is 12.4 Å². The van der Waals surface area contributed by atoms with Crippen molar-refractivity contribution < 1.29 is 9.53 Å². The van der Waals surface area contributed by atoms with E-state index in [-0.39, 0.29) is 12.5 Å². The molecule has 0 bridgehead atoms. The zero-order chi connectivity index (χ0) is 16.1. The zero-order valence-corrected chi connectivity index (χ0v) is 12.5. The van der Waals surface area contributed by atoms with Crippen molar-refractivity contribution in [3.05, 3.63) is 53.6 Å². The summed E-state index contributed by atoms with van der Waals surface area (Å²) in [6.07, 6.45) is 0. The maximum atomic E-state index is 11.9. The Morgan fingerprint density at radius 1 is 1.26 bits per heavy atom. The number of rotatable bonds is 4. The third kappa shape index (κ3) is 3.47. The first-order valence-corrected chi connectivity index (χ1v) is 7.37. The third-order valence-electron chi connectivity index (χ3n) is 3.59. The molecular formula is C17H16N4O2. The summed E-state index contributed by atoms with van der Waals surface area (Å²) >= 11 is 0. The molecule has 0 saturated carbocycles. The molecule has 6 heteroatoms. The van der Waals surface area contributed by atoms with Crippen LogP contribution < -0.4 is 15.0 Å². The predicted molar refractivity (Wildman–Crippen MR) is 84.9 cm³/mol. The Labute approximate surface area is 134 Å². The molecule has 0 unspecified atom stereocenters. The fourth-order valence-corrected chi connectivity index (χ4v) is 2.39. The number of nitriles is 1. The van der Waals surface area contributed by atoms with Gasteiger partial charge in [-0.15, -0.1) is 0 Å². The van der Waals surface area contributed by atoms with Crippen LogP contribution in [0.3, 0.4) is 0 Å². The summed E-state index contributed by atoms with van der Waals surface area (Å²) in [6.45, 7) is 1.92. The molecule has 1 aliphatic rings. The van der Waals surface area contributed by atoms with Crippen LogP contribution in [0.5, 0.6) is 5.88 Å². The molecule has 2 heterocycles. The molecule has 6 nitrogen and oxygen atoms in total. The van der Waals surface area contributed by atoms with Crippen molar-refractivity contribution in [1.29, 1.82) is 5.26 Å². The maximum Gasteiger partial charge on any atom is 0.242 e. The minimum Gasteiger partial charge on any atom is -0.473 e. The number of carbonyl (C=O) groups excluding carboxylic acids is 1. The Kier molecular flexibility index (Phi) is 4.50. The number of amides is 1. The highest BCUT2D eigenvalue weighted by atomic mass is 16.5. The van der Waals surface area contributed by atoms with E-state index in [0.29, 0.717) is 30.4 Å². The van der Waals surface area contributed by atoms with Gasteiger partial charge in [0.2, 0.25) is 11.8 Å². The lowest BCUT2D eigenvalue weighted by atomic mass is 10.1. The highest BCUT2D eigenvalue weighted by Crippen LogP contribution is 2.18. The number of anilines is 1. The molecule has 0 spiro atoms. The smallest absolute Gasteiger partial charge is 0.242 e. The molecule has 116 valence electrons. The van der Waals surface area contributed by atoms with Crippen LogP contribution in [-0.4, -0.2) is 30.5 Å². The summed E-state index contributed by atoms with van der Waals surface area (Å²) in [5.74, 6) is 1.01. The number of carbonyl (C=O) groups is 1. The van der Waals surface area contributed by atoms with Gasteiger partial charge in [0.15, 0.2) is 0 Å².